The first kappa shape index (κ1) is 10.2. The summed E-state index contributed by atoms with van der Waals surface area (Å²) in [5.74, 6) is 1.05. The van der Waals surface area contributed by atoms with Crippen molar-refractivity contribution in [1.82, 2.24) is 5.32 Å². The van der Waals surface area contributed by atoms with Crippen molar-refractivity contribution in [3.8, 4) is 5.75 Å². The second-order valence-corrected chi connectivity index (χ2v) is 3.99. The molecule has 2 rings (SSSR count). The van der Waals surface area contributed by atoms with Gasteiger partial charge in [-0.2, -0.15) is 0 Å². The lowest BCUT2D eigenvalue weighted by molar-refractivity contribution is 0.357. The molecule has 1 heterocycles. The Morgan fingerprint density at radius 3 is 3.20 bits per heavy atom. The monoisotopic (exact) mass is 203 g/mol. The van der Waals surface area contributed by atoms with E-state index in [4.69, 9.17) is 4.74 Å². The van der Waals surface area contributed by atoms with E-state index in [0.717, 1.165) is 25.3 Å². The Hall–Kier alpha value is -1.28. The highest BCUT2D eigenvalue weighted by Gasteiger charge is 2.10. The van der Waals surface area contributed by atoms with E-state index in [0.29, 0.717) is 0 Å². The summed E-state index contributed by atoms with van der Waals surface area (Å²) in [6, 6.07) is 6.41. The fourth-order valence-electron chi connectivity index (χ4n) is 1.91. The van der Waals surface area contributed by atoms with Gasteiger partial charge in [-0.15, -0.1) is 0 Å². The van der Waals surface area contributed by atoms with Crippen molar-refractivity contribution in [3.05, 3.63) is 34.9 Å². The SMILES string of the molecule is CNCC(C)=Cc1ccc2c(c1)CCO2. The molecule has 0 aromatic heterocycles. The van der Waals surface area contributed by atoms with Gasteiger partial charge >= 0.3 is 0 Å². The van der Waals surface area contributed by atoms with Crippen LogP contribution in [0.1, 0.15) is 18.1 Å². The molecule has 2 heteroatoms. The van der Waals surface area contributed by atoms with Crippen molar-refractivity contribution in [2.75, 3.05) is 20.2 Å². The second-order valence-electron chi connectivity index (χ2n) is 3.99. The molecule has 80 valence electrons. The van der Waals surface area contributed by atoms with Gasteiger partial charge in [-0.1, -0.05) is 17.7 Å². The van der Waals surface area contributed by atoms with Crippen LogP contribution < -0.4 is 10.1 Å². The fourth-order valence-corrected chi connectivity index (χ4v) is 1.91. The summed E-state index contributed by atoms with van der Waals surface area (Å²) in [5.41, 5.74) is 3.95. The summed E-state index contributed by atoms with van der Waals surface area (Å²) in [6.07, 6.45) is 3.26. The molecule has 2 nitrogen and oxygen atoms in total. The first-order valence-electron chi connectivity index (χ1n) is 5.37. The van der Waals surface area contributed by atoms with Gasteiger partial charge in [0.05, 0.1) is 6.61 Å². The molecule has 0 spiro atoms. The molecule has 1 N–H and O–H groups in total. The van der Waals surface area contributed by atoms with Crippen molar-refractivity contribution in [3.63, 3.8) is 0 Å². The lowest BCUT2D eigenvalue weighted by Crippen LogP contribution is -2.08. The van der Waals surface area contributed by atoms with Crippen molar-refractivity contribution in [1.29, 1.82) is 0 Å². The van der Waals surface area contributed by atoms with Crippen LogP contribution in [-0.2, 0) is 6.42 Å². The van der Waals surface area contributed by atoms with E-state index < -0.39 is 0 Å². The number of benzene rings is 1. The van der Waals surface area contributed by atoms with E-state index in [-0.39, 0.29) is 0 Å². The number of ether oxygens (including phenoxy) is 1. The Morgan fingerprint density at radius 2 is 2.40 bits per heavy atom. The number of hydrogen-bond acceptors (Lipinski definition) is 2. The second kappa shape index (κ2) is 4.49. The lowest BCUT2D eigenvalue weighted by atomic mass is 10.1. The standard InChI is InChI=1S/C13H17NO/c1-10(9-14-2)7-11-3-4-13-12(8-11)5-6-15-13/h3-4,7-8,14H,5-6,9H2,1-2H3. The van der Waals surface area contributed by atoms with E-state index in [2.05, 4.69) is 36.5 Å². The first-order chi connectivity index (χ1) is 7.29. The molecular weight excluding hydrogens is 186 g/mol. The van der Waals surface area contributed by atoms with E-state index in [1.54, 1.807) is 0 Å². The van der Waals surface area contributed by atoms with Crippen LogP contribution in [-0.4, -0.2) is 20.2 Å². The molecule has 0 saturated heterocycles. The summed E-state index contributed by atoms with van der Waals surface area (Å²) in [5, 5.41) is 3.15. The molecule has 0 unspecified atom stereocenters. The van der Waals surface area contributed by atoms with Gasteiger partial charge in [-0.3, -0.25) is 0 Å². The first-order valence-corrected chi connectivity index (χ1v) is 5.37. The predicted molar refractivity (Wildman–Crippen MR) is 63.2 cm³/mol. The van der Waals surface area contributed by atoms with Crippen LogP contribution >= 0.6 is 0 Å². The van der Waals surface area contributed by atoms with E-state index in [1.165, 1.54) is 16.7 Å². The van der Waals surface area contributed by atoms with E-state index in [9.17, 15) is 0 Å². The highest BCUT2D eigenvalue weighted by Crippen LogP contribution is 2.26. The molecule has 0 saturated carbocycles. The minimum atomic E-state index is 0.831. The van der Waals surface area contributed by atoms with Crippen LogP contribution in [0.2, 0.25) is 0 Å². The predicted octanol–water partition coefficient (Wildman–Crippen LogP) is 2.24. The Bertz CT molecular complexity index is 382. The molecule has 0 bridgehead atoms. The average Bonchev–Trinajstić information content (AvgIpc) is 2.65. The van der Waals surface area contributed by atoms with Crippen LogP contribution in [0, 0.1) is 0 Å². The smallest absolute Gasteiger partial charge is 0.122 e. The summed E-state index contributed by atoms with van der Waals surface area (Å²) >= 11 is 0. The quantitative estimate of drug-likeness (QED) is 0.813. The molecule has 15 heavy (non-hydrogen) atoms. The molecule has 0 amide bonds. The van der Waals surface area contributed by atoms with E-state index >= 15 is 0 Å². The molecule has 1 aromatic rings. The zero-order valence-corrected chi connectivity index (χ0v) is 9.34. The fraction of sp³-hybridized carbons (Fsp3) is 0.385. The van der Waals surface area contributed by atoms with Crippen molar-refractivity contribution in [2.45, 2.75) is 13.3 Å². The van der Waals surface area contributed by atoms with Crippen LogP contribution in [0.5, 0.6) is 5.75 Å². The third-order valence-electron chi connectivity index (χ3n) is 2.58. The zero-order chi connectivity index (χ0) is 10.7. The molecule has 0 aliphatic carbocycles. The van der Waals surface area contributed by atoms with Gasteiger partial charge in [-0.05, 0) is 37.2 Å². The maximum atomic E-state index is 5.47. The van der Waals surface area contributed by atoms with Crippen LogP contribution in [0.25, 0.3) is 6.08 Å². The van der Waals surface area contributed by atoms with Gasteiger partial charge in [-0.25, -0.2) is 0 Å². The van der Waals surface area contributed by atoms with Gasteiger partial charge in [0.2, 0.25) is 0 Å². The number of fused-ring (bicyclic) bond motifs is 1. The molecule has 1 aliphatic heterocycles. The maximum Gasteiger partial charge on any atom is 0.122 e. The van der Waals surface area contributed by atoms with Crippen LogP contribution in [0.4, 0.5) is 0 Å². The normalized spacial score (nSPS) is 14.9. The number of rotatable bonds is 3. The third-order valence-corrected chi connectivity index (χ3v) is 2.58. The number of likely N-dealkylation sites (N-methyl/N-ethyl adjacent to an activating group) is 1. The summed E-state index contributed by atoms with van der Waals surface area (Å²) < 4.78 is 5.47. The number of hydrogen-bond donors (Lipinski definition) is 1. The molecule has 1 aromatic carbocycles. The van der Waals surface area contributed by atoms with Gasteiger partial charge < -0.3 is 10.1 Å². The molecule has 0 fully saturated rings. The Morgan fingerprint density at radius 1 is 1.53 bits per heavy atom. The van der Waals surface area contributed by atoms with Gasteiger partial charge in [0, 0.05) is 13.0 Å². The highest BCUT2D eigenvalue weighted by atomic mass is 16.5. The molecule has 1 aliphatic rings. The molecule has 0 radical (unpaired) electrons. The van der Waals surface area contributed by atoms with Crippen LogP contribution in [0.3, 0.4) is 0 Å². The van der Waals surface area contributed by atoms with Crippen molar-refractivity contribution >= 4 is 6.08 Å². The Labute approximate surface area is 91.0 Å². The minimum absolute atomic E-state index is 0.831. The topological polar surface area (TPSA) is 21.3 Å². The summed E-state index contributed by atoms with van der Waals surface area (Å²) in [6.45, 7) is 3.91. The number of nitrogens with one attached hydrogen (secondary N) is 1. The van der Waals surface area contributed by atoms with Crippen molar-refractivity contribution < 1.29 is 4.74 Å². The largest absolute Gasteiger partial charge is 0.493 e. The third kappa shape index (κ3) is 2.39. The molecule has 0 atom stereocenters. The Kier molecular flexibility index (Phi) is 3.07. The maximum absolute atomic E-state index is 5.47. The highest BCUT2D eigenvalue weighted by molar-refractivity contribution is 5.56. The zero-order valence-electron chi connectivity index (χ0n) is 9.34. The van der Waals surface area contributed by atoms with Crippen molar-refractivity contribution in [2.24, 2.45) is 0 Å². The molecular formula is C13H17NO. The summed E-state index contributed by atoms with van der Waals surface area (Å²) in [4.78, 5) is 0. The summed E-state index contributed by atoms with van der Waals surface area (Å²) in [7, 11) is 1.97. The van der Waals surface area contributed by atoms with Gasteiger partial charge in [0.15, 0.2) is 0 Å². The van der Waals surface area contributed by atoms with Gasteiger partial charge in [0.25, 0.3) is 0 Å². The van der Waals surface area contributed by atoms with Crippen LogP contribution in [0.15, 0.2) is 23.8 Å². The lowest BCUT2D eigenvalue weighted by Gasteiger charge is -2.02. The van der Waals surface area contributed by atoms with Gasteiger partial charge in [0.1, 0.15) is 5.75 Å². The van der Waals surface area contributed by atoms with E-state index in [1.807, 2.05) is 7.05 Å². The minimum Gasteiger partial charge on any atom is -0.493 e. The average molecular weight is 203 g/mol. The Balaban J connectivity index is 2.19.